The molecule has 0 spiro atoms. The third-order valence-corrected chi connectivity index (χ3v) is 4.43. The van der Waals surface area contributed by atoms with Crippen molar-refractivity contribution in [2.45, 2.75) is 0 Å². The average Bonchev–Trinajstić information content (AvgIpc) is 3.42. The van der Waals surface area contributed by atoms with Crippen LogP contribution in [0.2, 0.25) is 0 Å². The van der Waals surface area contributed by atoms with Gasteiger partial charge < -0.3 is 0 Å². The van der Waals surface area contributed by atoms with Crippen molar-refractivity contribution < 1.29 is 0 Å². The van der Waals surface area contributed by atoms with Crippen molar-refractivity contribution in [2.24, 2.45) is 5.10 Å². The molecule has 8 heteroatoms. The van der Waals surface area contributed by atoms with Crippen LogP contribution in [-0.4, -0.2) is 35.4 Å². The van der Waals surface area contributed by atoms with Gasteiger partial charge in [-0.1, -0.05) is 36.4 Å². The molecule has 0 saturated carbocycles. The smallest absolute Gasteiger partial charge is 0.266 e. The molecule has 0 radical (unpaired) electrons. The maximum Gasteiger partial charge on any atom is 0.285 e. The molecular weight excluding hydrogens is 366 g/mol. The molecule has 5 aromatic rings. The number of hydrogen-bond acceptors (Lipinski definition) is 5. The summed E-state index contributed by atoms with van der Waals surface area (Å²) in [6.07, 6.45) is 7.99. The first-order valence-electron chi connectivity index (χ1n) is 8.95. The van der Waals surface area contributed by atoms with E-state index in [9.17, 15) is 4.79 Å². The van der Waals surface area contributed by atoms with E-state index in [2.05, 4.69) is 20.3 Å². The van der Waals surface area contributed by atoms with Crippen LogP contribution in [0.15, 0.2) is 95.5 Å². The SMILES string of the molecule is O=c1c2cnn(-c3ccccc3)c2ncn1/N=C\c1cnn(-c2ccccc2)c1. The van der Waals surface area contributed by atoms with Crippen LogP contribution in [0.5, 0.6) is 0 Å². The molecule has 3 aromatic heterocycles. The lowest BCUT2D eigenvalue weighted by atomic mass is 10.3. The molecule has 3 heterocycles. The number of benzene rings is 2. The van der Waals surface area contributed by atoms with Crippen LogP contribution in [0.1, 0.15) is 5.56 Å². The average molecular weight is 381 g/mol. The molecule has 0 fully saturated rings. The summed E-state index contributed by atoms with van der Waals surface area (Å²) in [4.78, 5) is 17.1. The molecular formula is C21H15N7O. The summed E-state index contributed by atoms with van der Waals surface area (Å²) in [5, 5.41) is 13.3. The van der Waals surface area contributed by atoms with Gasteiger partial charge in [0, 0.05) is 11.8 Å². The molecule has 0 bridgehead atoms. The Balaban J connectivity index is 1.46. The molecule has 2 aromatic carbocycles. The number of para-hydroxylation sites is 2. The quantitative estimate of drug-likeness (QED) is 0.448. The lowest BCUT2D eigenvalue weighted by molar-refractivity contribution is 0.809. The predicted octanol–water partition coefficient (Wildman–Crippen LogP) is 2.65. The first-order valence-corrected chi connectivity index (χ1v) is 8.95. The lowest BCUT2D eigenvalue weighted by Gasteiger charge is -2.02. The van der Waals surface area contributed by atoms with Crippen LogP contribution < -0.4 is 5.56 Å². The zero-order valence-corrected chi connectivity index (χ0v) is 15.2. The minimum atomic E-state index is -0.288. The summed E-state index contributed by atoms with van der Waals surface area (Å²) in [5.74, 6) is 0. The van der Waals surface area contributed by atoms with E-state index in [0.717, 1.165) is 16.9 Å². The molecule has 140 valence electrons. The van der Waals surface area contributed by atoms with Crippen molar-refractivity contribution in [3.8, 4) is 11.4 Å². The maximum absolute atomic E-state index is 12.8. The van der Waals surface area contributed by atoms with E-state index in [1.807, 2.05) is 66.9 Å². The lowest BCUT2D eigenvalue weighted by Crippen LogP contribution is -2.17. The Labute approximate surface area is 165 Å². The summed E-state index contributed by atoms with van der Waals surface area (Å²) >= 11 is 0. The second kappa shape index (κ2) is 7.01. The summed E-state index contributed by atoms with van der Waals surface area (Å²) < 4.78 is 4.57. The standard InChI is InChI=1S/C21H15N7O/c29-21-19-13-25-28(18-9-5-2-6-10-18)20(19)22-15-27(21)24-12-16-11-23-26(14-16)17-7-3-1-4-8-17/h1-15H/b24-12-. The Morgan fingerprint density at radius 1 is 0.862 bits per heavy atom. The maximum atomic E-state index is 12.8. The summed E-state index contributed by atoms with van der Waals surface area (Å²) in [7, 11) is 0. The topological polar surface area (TPSA) is 82.9 Å². The number of hydrogen-bond donors (Lipinski definition) is 0. The van der Waals surface area contributed by atoms with Crippen molar-refractivity contribution in [3.63, 3.8) is 0 Å². The van der Waals surface area contributed by atoms with Gasteiger partial charge in [0.1, 0.15) is 11.7 Å². The minimum absolute atomic E-state index is 0.288. The zero-order chi connectivity index (χ0) is 19.6. The van der Waals surface area contributed by atoms with Crippen molar-refractivity contribution in [2.75, 3.05) is 0 Å². The Bertz CT molecular complexity index is 1360. The van der Waals surface area contributed by atoms with E-state index in [4.69, 9.17) is 0 Å². The van der Waals surface area contributed by atoms with Crippen LogP contribution in [-0.2, 0) is 0 Å². The van der Waals surface area contributed by atoms with E-state index >= 15 is 0 Å². The van der Waals surface area contributed by atoms with Gasteiger partial charge in [0.05, 0.1) is 30.0 Å². The number of aromatic nitrogens is 6. The van der Waals surface area contributed by atoms with E-state index in [1.165, 1.54) is 17.2 Å². The number of rotatable bonds is 4. The monoisotopic (exact) mass is 381 g/mol. The van der Waals surface area contributed by atoms with Crippen LogP contribution in [0.4, 0.5) is 0 Å². The molecule has 29 heavy (non-hydrogen) atoms. The van der Waals surface area contributed by atoms with Crippen LogP contribution in [0.3, 0.4) is 0 Å². The molecule has 5 rings (SSSR count). The van der Waals surface area contributed by atoms with Crippen molar-refractivity contribution in [1.29, 1.82) is 0 Å². The van der Waals surface area contributed by atoms with Gasteiger partial charge in [-0.2, -0.15) is 20.0 Å². The Kier molecular flexibility index (Phi) is 4.06. The zero-order valence-electron chi connectivity index (χ0n) is 15.2. The van der Waals surface area contributed by atoms with Crippen molar-refractivity contribution in [1.82, 2.24) is 29.2 Å². The molecule has 0 atom stereocenters. The fourth-order valence-electron chi connectivity index (χ4n) is 3.00. The molecule has 0 aliphatic heterocycles. The van der Waals surface area contributed by atoms with Gasteiger partial charge in [-0.15, -0.1) is 0 Å². The third-order valence-electron chi connectivity index (χ3n) is 4.43. The van der Waals surface area contributed by atoms with Crippen LogP contribution >= 0.6 is 0 Å². The molecule has 0 amide bonds. The second-order valence-corrected chi connectivity index (χ2v) is 6.32. The Morgan fingerprint density at radius 3 is 2.34 bits per heavy atom. The largest absolute Gasteiger partial charge is 0.285 e. The highest BCUT2D eigenvalue weighted by Crippen LogP contribution is 2.13. The predicted molar refractivity (Wildman–Crippen MR) is 110 cm³/mol. The van der Waals surface area contributed by atoms with E-state index in [0.29, 0.717) is 11.0 Å². The number of fused-ring (bicyclic) bond motifs is 1. The van der Waals surface area contributed by atoms with Gasteiger partial charge in [-0.3, -0.25) is 4.79 Å². The van der Waals surface area contributed by atoms with Gasteiger partial charge in [-0.05, 0) is 24.3 Å². The molecule has 0 saturated heterocycles. The van der Waals surface area contributed by atoms with Gasteiger partial charge in [0.15, 0.2) is 5.65 Å². The van der Waals surface area contributed by atoms with Crippen LogP contribution in [0, 0.1) is 0 Å². The third kappa shape index (κ3) is 3.12. The fraction of sp³-hybridized carbons (Fsp3) is 0. The highest BCUT2D eigenvalue weighted by molar-refractivity contribution is 5.79. The summed E-state index contributed by atoms with van der Waals surface area (Å²) in [6, 6.07) is 19.3. The second-order valence-electron chi connectivity index (χ2n) is 6.32. The van der Waals surface area contributed by atoms with Gasteiger partial charge >= 0.3 is 0 Å². The minimum Gasteiger partial charge on any atom is -0.266 e. The van der Waals surface area contributed by atoms with E-state index < -0.39 is 0 Å². The van der Waals surface area contributed by atoms with Gasteiger partial charge in [0.2, 0.25) is 0 Å². The molecule has 0 aliphatic carbocycles. The van der Waals surface area contributed by atoms with Gasteiger partial charge in [-0.25, -0.2) is 14.3 Å². The molecule has 8 nitrogen and oxygen atoms in total. The first kappa shape index (κ1) is 16.8. The number of nitrogens with zero attached hydrogens (tertiary/aromatic N) is 7. The summed E-state index contributed by atoms with van der Waals surface area (Å²) in [5.41, 5.74) is 2.75. The first-order chi connectivity index (χ1) is 14.3. The highest BCUT2D eigenvalue weighted by Gasteiger charge is 2.11. The van der Waals surface area contributed by atoms with Crippen LogP contribution in [0.25, 0.3) is 22.4 Å². The molecule has 0 unspecified atom stereocenters. The van der Waals surface area contributed by atoms with E-state index in [-0.39, 0.29) is 5.56 Å². The fourth-order valence-corrected chi connectivity index (χ4v) is 3.00. The normalized spacial score (nSPS) is 11.4. The Hall–Kier alpha value is -4.33. The highest BCUT2D eigenvalue weighted by atomic mass is 16.1. The van der Waals surface area contributed by atoms with Crippen molar-refractivity contribution >= 4 is 17.2 Å². The van der Waals surface area contributed by atoms with E-state index in [1.54, 1.807) is 21.8 Å². The summed E-state index contributed by atoms with van der Waals surface area (Å²) in [6.45, 7) is 0. The Morgan fingerprint density at radius 2 is 1.59 bits per heavy atom. The van der Waals surface area contributed by atoms with Crippen molar-refractivity contribution in [3.05, 3.63) is 101 Å². The van der Waals surface area contributed by atoms with Gasteiger partial charge in [0.25, 0.3) is 5.56 Å². The molecule has 0 N–H and O–H groups in total. The molecule has 0 aliphatic rings.